The highest BCUT2D eigenvalue weighted by molar-refractivity contribution is 5.93. The number of nitrogens with zero attached hydrogens (tertiary/aromatic N) is 2. The number of ether oxygens (including phenoxy) is 1. The second-order valence-electron chi connectivity index (χ2n) is 4.86. The third kappa shape index (κ3) is 3.53. The van der Waals surface area contributed by atoms with Crippen molar-refractivity contribution in [2.75, 3.05) is 18.2 Å². The number of hydrogen-bond donors (Lipinski definition) is 2. The highest BCUT2D eigenvalue weighted by Gasteiger charge is 2.08. The third-order valence-electron chi connectivity index (χ3n) is 3.46. The lowest BCUT2D eigenvalue weighted by Crippen LogP contribution is -2.15. The maximum Gasteiger partial charge on any atom is 0.226 e. The number of methoxy groups -OCH3 is 1. The molecule has 112 valence electrons. The summed E-state index contributed by atoms with van der Waals surface area (Å²) in [4.78, 5) is 16.2. The van der Waals surface area contributed by atoms with E-state index in [-0.39, 0.29) is 5.91 Å². The lowest BCUT2D eigenvalue weighted by atomic mass is 10.2. The van der Waals surface area contributed by atoms with E-state index in [1.807, 2.05) is 18.4 Å². The van der Waals surface area contributed by atoms with Crippen molar-refractivity contribution in [3.05, 3.63) is 35.9 Å². The number of benzene rings is 1. The fraction of sp³-hybridized carbons (Fsp3) is 0.333. The summed E-state index contributed by atoms with van der Waals surface area (Å²) in [7, 11) is 1.57. The second-order valence-corrected chi connectivity index (χ2v) is 4.86. The third-order valence-corrected chi connectivity index (χ3v) is 3.46. The van der Waals surface area contributed by atoms with E-state index in [1.54, 1.807) is 31.6 Å². The Balaban J connectivity index is 1.94. The van der Waals surface area contributed by atoms with Crippen LogP contribution in [0.3, 0.4) is 0 Å². The number of nitrogens with one attached hydrogen (secondary N) is 1. The first-order chi connectivity index (χ1) is 10.0. The SMILES string of the molecule is COc1ccc(NC(=O)CCn2cnc(C)c2C)c(N)c1. The van der Waals surface area contributed by atoms with Crippen LogP contribution in [-0.4, -0.2) is 22.6 Å². The molecule has 6 heteroatoms. The summed E-state index contributed by atoms with van der Waals surface area (Å²) in [6.07, 6.45) is 2.11. The number of anilines is 2. The summed E-state index contributed by atoms with van der Waals surface area (Å²) in [5.41, 5.74) is 9.01. The van der Waals surface area contributed by atoms with Crippen LogP contribution in [-0.2, 0) is 11.3 Å². The highest BCUT2D eigenvalue weighted by Crippen LogP contribution is 2.24. The molecule has 0 aliphatic heterocycles. The molecule has 0 fully saturated rings. The summed E-state index contributed by atoms with van der Waals surface area (Å²) >= 11 is 0. The van der Waals surface area contributed by atoms with E-state index in [2.05, 4.69) is 10.3 Å². The molecule has 0 saturated carbocycles. The fourth-order valence-electron chi connectivity index (χ4n) is 1.99. The van der Waals surface area contributed by atoms with E-state index in [0.717, 1.165) is 11.4 Å². The molecular weight excluding hydrogens is 268 g/mol. The van der Waals surface area contributed by atoms with E-state index in [1.165, 1.54) is 0 Å². The molecule has 0 radical (unpaired) electrons. The zero-order chi connectivity index (χ0) is 15.4. The minimum absolute atomic E-state index is 0.0855. The van der Waals surface area contributed by atoms with E-state index < -0.39 is 0 Å². The maximum atomic E-state index is 12.0. The van der Waals surface area contributed by atoms with Crippen molar-refractivity contribution in [3.8, 4) is 5.75 Å². The summed E-state index contributed by atoms with van der Waals surface area (Å²) in [5.74, 6) is 0.577. The number of carbonyl (C=O) groups is 1. The Morgan fingerprint density at radius 1 is 1.43 bits per heavy atom. The van der Waals surface area contributed by atoms with E-state index in [9.17, 15) is 4.79 Å². The van der Waals surface area contributed by atoms with Gasteiger partial charge in [0.1, 0.15) is 5.75 Å². The number of aromatic nitrogens is 2. The van der Waals surface area contributed by atoms with Crippen molar-refractivity contribution in [2.45, 2.75) is 26.8 Å². The van der Waals surface area contributed by atoms with Crippen LogP contribution in [0.2, 0.25) is 0 Å². The van der Waals surface area contributed by atoms with Crippen LogP contribution in [0.5, 0.6) is 5.75 Å². The van der Waals surface area contributed by atoms with Gasteiger partial charge in [-0.25, -0.2) is 4.98 Å². The van der Waals surface area contributed by atoms with Gasteiger partial charge in [0.05, 0.1) is 30.5 Å². The first-order valence-corrected chi connectivity index (χ1v) is 6.73. The molecule has 1 amide bonds. The van der Waals surface area contributed by atoms with Crippen molar-refractivity contribution in [1.29, 1.82) is 0 Å². The number of nitrogens with two attached hydrogens (primary N) is 1. The molecule has 0 bridgehead atoms. The van der Waals surface area contributed by atoms with Crippen molar-refractivity contribution in [1.82, 2.24) is 9.55 Å². The highest BCUT2D eigenvalue weighted by atomic mass is 16.5. The summed E-state index contributed by atoms with van der Waals surface area (Å²) in [6.45, 7) is 4.53. The van der Waals surface area contributed by atoms with Gasteiger partial charge in [0.2, 0.25) is 5.91 Å². The molecule has 2 rings (SSSR count). The number of aryl methyl sites for hydroxylation is 2. The van der Waals surface area contributed by atoms with Gasteiger partial charge in [0.25, 0.3) is 0 Å². The summed E-state index contributed by atoms with van der Waals surface area (Å²) in [5, 5.41) is 2.80. The lowest BCUT2D eigenvalue weighted by molar-refractivity contribution is -0.116. The smallest absolute Gasteiger partial charge is 0.226 e. The van der Waals surface area contributed by atoms with Crippen LogP contribution < -0.4 is 15.8 Å². The standard InChI is InChI=1S/C15H20N4O2/c1-10-11(2)19(9-17-10)7-6-15(20)18-14-5-4-12(21-3)8-13(14)16/h4-5,8-9H,6-7,16H2,1-3H3,(H,18,20). The van der Waals surface area contributed by atoms with Crippen LogP contribution in [0.1, 0.15) is 17.8 Å². The van der Waals surface area contributed by atoms with Crippen molar-refractivity contribution in [3.63, 3.8) is 0 Å². The average molecular weight is 288 g/mol. The van der Waals surface area contributed by atoms with Crippen LogP contribution in [0.25, 0.3) is 0 Å². The molecule has 1 aromatic carbocycles. The average Bonchev–Trinajstić information content (AvgIpc) is 2.79. The molecule has 21 heavy (non-hydrogen) atoms. The summed E-state index contributed by atoms with van der Waals surface area (Å²) in [6, 6.07) is 5.17. The molecular formula is C15H20N4O2. The Morgan fingerprint density at radius 3 is 2.76 bits per heavy atom. The van der Waals surface area contributed by atoms with Crippen LogP contribution >= 0.6 is 0 Å². The Morgan fingerprint density at radius 2 is 2.19 bits per heavy atom. The van der Waals surface area contributed by atoms with E-state index >= 15 is 0 Å². The van der Waals surface area contributed by atoms with Gasteiger partial charge in [-0.1, -0.05) is 0 Å². The van der Waals surface area contributed by atoms with E-state index in [0.29, 0.717) is 30.1 Å². The molecule has 0 unspecified atom stereocenters. The topological polar surface area (TPSA) is 82.2 Å². The van der Waals surface area contributed by atoms with Gasteiger partial charge in [-0.2, -0.15) is 0 Å². The van der Waals surface area contributed by atoms with Gasteiger partial charge < -0.3 is 20.4 Å². The molecule has 2 aromatic rings. The molecule has 0 aliphatic carbocycles. The minimum Gasteiger partial charge on any atom is -0.497 e. The molecule has 0 spiro atoms. The summed E-state index contributed by atoms with van der Waals surface area (Å²) < 4.78 is 7.04. The van der Waals surface area contributed by atoms with Gasteiger partial charge in [-0.15, -0.1) is 0 Å². The van der Waals surface area contributed by atoms with Crippen LogP contribution in [0, 0.1) is 13.8 Å². The number of nitrogen functional groups attached to an aromatic ring is 1. The fourth-order valence-corrected chi connectivity index (χ4v) is 1.99. The Labute approximate surface area is 123 Å². The molecule has 3 N–H and O–H groups in total. The van der Waals surface area contributed by atoms with Crippen LogP contribution in [0.4, 0.5) is 11.4 Å². The predicted octanol–water partition coefficient (Wildman–Crippen LogP) is 2.12. The van der Waals surface area contributed by atoms with Gasteiger partial charge >= 0.3 is 0 Å². The molecule has 0 aliphatic rings. The van der Waals surface area contributed by atoms with Gasteiger partial charge in [-0.05, 0) is 26.0 Å². The normalized spacial score (nSPS) is 10.4. The maximum absolute atomic E-state index is 12.0. The first-order valence-electron chi connectivity index (χ1n) is 6.73. The zero-order valence-corrected chi connectivity index (χ0v) is 12.5. The zero-order valence-electron chi connectivity index (χ0n) is 12.5. The molecule has 1 heterocycles. The monoisotopic (exact) mass is 288 g/mol. The van der Waals surface area contributed by atoms with Crippen LogP contribution in [0.15, 0.2) is 24.5 Å². The van der Waals surface area contributed by atoms with Crippen molar-refractivity contribution >= 4 is 17.3 Å². The largest absolute Gasteiger partial charge is 0.497 e. The molecule has 0 saturated heterocycles. The quantitative estimate of drug-likeness (QED) is 0.826. The van der Waals surface area contributed by atoms with Gasteiger partial charge in [0.15, 0.2) is 0 Å². The number of imidazole rings is 1. The van der Waals surface area contributed by atoms with Crippen molar-refractivity contribution < 1.29 is 9.53 Å². The van der Waals surface area contributed by atoms with Gasteiger partial charge in [-0.3, -0.25) is 4.79 Å². The molecule has 6 nitrogen and oxygen atoms in total. The number of rotatable bonds is 5. The molecule has 1 aromatic heterocycles. The Hall–Kier alpha value is -2.50. The predicted molar refractivity (Wildman–Crippen MR) is 82.4 cm³/mol. The van der Waals surface area contributed by atoms with Crippen molar-refractivity contribution in [2.24, 2.45) is 0 Å². The number of hydrogen-bond acceptors (Lipinski definition) is 4. The second kappa shape index (κ2) is 6.30. The number of carbonyl (C=O) groups excluding carboxylic acids is 1. The Bertz CT molecular complexity index is 649. The number of amides is 1. The first kappa shape index (κ1) is 14.9. The molecule has 0 atom stereocenters. The lowest BCUT2D eigenvalue weighted by Gasteiger charge is -2.10. The Kier molecular flexibility index (Phi) is 4.47. The van der Waals surface area contributed by atoms with Gasteiger partial charge in [0, 0.05) is 24.7 Å². The van der Waals surface area contributed by atoms with E-state index in [4.69, 9.17) is 10.5 Å². The minimum atomic E-state index is -0.0855.